The Morgan fingerprint density at radius 2 is 1.71 bits per heavy atom. The van der Waals surface area contributed by atoms with E-state index < -0.39 is 26.5 Å². The molecule has 0 atom stereocenters. The zero-order valence-electron chi connectivity index (χ0n) is 8.45. The number of hydrogen-bond donors (Lipinski definition) is 4. The minimum atomic E-state index is -4.61. The molecule has 0 saturated carbocycles. The highest BCUT2D eigenvalue weighted by Crippen LogP contribution is 2.39. The Hall–Kier alpha value is -1.99. The number of phenolic OH excluding ortho intramolecular Hbond substituents is 2. The highest BCUT2D eigenvalue weighted by Gasteiger charge is 2.20. The SMILES string of the molecule is Nc1ccc2c(O)c(O)c(S(=O)(=O)O)cc2c1. The van der Waals surface area contributed by atoms with Crippen LogP contribution in [0.1, 0.15) is 0 Å². The number of benzene rings is 2. The molecule has 0 bridgehead atoms. The molecule has 7 heteroatoms. The van der Waals surface area contributed by atoms with Gasteiger partial charge in [0, 0.05) is 11.1 Å². The summed E-state index contributed by atoms with van der Waals surface area (Å²) >= 11 is 0. The van der Waals surface area contributed by atoms with Crippen LogP contribution in [0.5, 0.6) is 11.5 Å². The number of aromatic hydroxyl groups is 2. The van der Waals surface area contributed by atoms with Gasteiger partial charge in [-0.15, -0.1) is 0 Å². The van der Waals surface area contributed by atoms with E-state index in [2.05, 4.69) is 0 Å². The molecular weight excluding hydrogens is 246 g/mol. The molecule has 5 N–H and O–H groups in total. The fourth-order valence-corrected chi connectivity index (χ4v) is 2.18. The third kappa shape index (κ3) is 1.85. The second kappa shape index (κ2) is 3.51. The smallest absolute Gasteiger partial charge is 0.298 e. The lowest BCUT2D eigenvalue weighted by atomic mass is 10.1. The molecule has 2 rings (SSSR count). The molecule has 0 heterocycles. The van der Waals surface area contributed by atoms with E-state index in [9.17, 15) is 18.6 Å². The summed E-state index contributed by atoms with van der Waals surface area (Å²) in [5.41, 5.74) is 5.88. The van der Waals surface area contributed by atoms with Crippen LogP contribution in [0.3, 0.4) is 0 Å². The van der Waals surface area contributed by atoms with E-state index in [1.807, 2.05) is 0 Å². The first kappa shape index (κ1) is 11.5. The summed E-state index contributed by atoms with van der Waals surface area (Å²) < 4.78 is 30.9. The van der Waals surface area contributed by atoms with Crippen LogP contribution in [-0.2, 0) is 10.1 Å². The van der Waals surface area contributed by atoms with Gasteiger partial charge in [-0.3, -0.25) is 4.55 Å². The molecule has 0 saturated heterocycles. The lowest BCUT2D eigenvalue weighted by Gasteiger charge is -2.08. The first-order valence-corrected chi connectivity index (χ1v) is 5.96. The molecule has 6 nitrogen and oxygen atoms in total. The third-order valence-electron chi connectivity index (χ3n) is 2.35. The van der Waals surface area contributed by atoms with Crippen LogP contribution >= 0.6 is 0 Å². The van der Waals surface area contributed by atoms with Crippen molar-refractivity contribution in [2.45, 2.75) is 4.90 Å². The Kier molecular flexibility index (Phi) is 2.37. The number of nitrogen functional groups attached to an aromatic ring is 1. The second-order valence-corrected chi connectivity index (χ2v) is 4.92. The number of phenols is 2. The van der Waals surface area contributed by atoms with Gasteiger partial charge in [-0.1, -0.05) is 0 Å². The average Bonchev–Trinajstić information content (AvgIpc) is 2.21. The van der Waals surface area contributed by atoms with E-state index in [1.165, 1.54) is 18.2 Å². The van der Waals surface area contributed by atoms with Gasteiger partial charge in [-0.25, -0.2) is 0 Å². The molecule has 0 amide bonds. The molecule has 0 aliphatic rings. The number of rotatable bonds is 1. The Labute approximate surface area is 96.7 Å². The molecule has 0 spiro atoms. The molecule has 0 radical (unpaired) electrons. The summed E-state index contributed by atoms with van der Waals surface area (Å²) in [5, 5.41) is 19.6. The van der Waals surface area contributed by atoms with Crippen LogP contribution in [0, 0.1) is 0 Å². The van der Waals surface area contributed by atoms with E-state index in [1.54, 1.807) is 0 Å². The van der Waals surface area contributed by atoms with Crippen molar-refractivity contribution in [2.24, 2.45) is 0 Å². The van der Waals surface area contributed by atoms with E-state index in [-0.39, 0.29) is 5.39 Å². The Morgan fingerprint density at radius 1 is 1.06 bits per heavy atom. The summed E-state index contributed by atoms with van der Waals surface area (Å²) in [5.74, 6) is -1.50. The van der Waals surface area contributed by atoms with Gasteiger partial charge in [-0.05, 0) is 29.7 Å². The van der Waals surface area contributed by atoms with Crippen LogP contribution in [0.4, 0.5) is 5.69 Å². The third-order valence-corrected chi connectivity index (χ3v) is 3.22. The van der Waals surface area contributed by atoms with E-state index in [0.29, 0.717) is 11.1 Å². The van der Waals surface area contributed by atoms with Crippen molar-refractivity contribution in [2.75, 3.05) is 5.73 Å². The minimum Gasteiger partial charge on any atom is -0.504 e. The molecule has 17 heavy (non-hydrogen) atoms. The van der Waals surface area contributed by atoms with Gasteiger partial charge < -0.3 is 15.9 Å². The van der Waals surface area contributed by atoms with Gasteiger partial charge in [0.25, 0.3) is 10.1 Å². The molecule has 0 aliphatic heterocycles. The predicted octanol–water partition coefficient (Wildman–Crippen LogP) is 1.08. The standard InChI is InChI=1S/C10H9NO5S/c11-6-1-2-7-5(3-6)4-8(17(14,15)16)10(13)9(7)12/h1-4,12-13H,11H2,(H,14,15,16). The number of anilines is 1. The van der Waals surface area contributed by atoms with E-state index in [0.717, 1.165) is 6.07 Å². The summed E-state index contributed by atoms with van der Waals surface area (Å²) in [7, 11) is -4.61. The normalized spacial score (nSPS) is 11.8. The van der Waals surface area contributed by atoms with Gasteiger partial charge in [0.1, 0.15) is 4.90 Å². The summed E-state index contributed by atoms with van der Waals surface area (Å²) in [6.45, 7) is 0. The van der Waals surface area contributed by atoms with Crippen molar-refractivity contribution in [3.63, 3.8) is 0 Å². The Morgan fingerprint density at radius 3 is 2.29 bits per heavy atom. The maximum absolute atomic E-state index is 11.0. The largest absolute Gasteiger partial charge is 0.504 e. The number of hydrogen-bond acceptors (Lipinski definition) is 5. The van der Waals surface area contributed by atoms with Crippen LogP contribution in [0.15, 0.2) is 29.2 Å². The number of fused-ring (bicyclic) bond motifs is 1. The molecule has 0 unspecified atom stereocenters. The van der Waals surface area contributed by atoms with Crippen LogP contribution in [-0.4, -0.2) is 23.2 Å². The highest BCUT2D eigenvalue weighted by atomic mass is 32.2. The van der Waals surface area contributed by atoms with Crippen molar-refractivity contribution in [3.8, 4) is 11.5 Å². The highest BCUT2D eigenvalue weighted by molar-refractivity contribution is 7.86. The van der Waals surface area contributed by atoms with Gasteiger partial charge in [-0.2, -0.15) is 8.42 Å². The van der Waals surface area contributed by atoms with Gasteiger partial charge in [0.05, 0.1) is 0 Å². The molecule has 2 aromatic rings. The molecule has 2 aromatic carbocycles. The fraction of sp³-hybridized carbons (Fsp3) is 0. The monoisotopic (exact) mass is 255 g/mol. The van der Waals surface area contributed by atoms with Gasteiger partial charge in [0.2, 0.25) is 0 Å². The van der Waals surface area contributed by atoms with E-state index in [4.69, 9.17) is 10.3 Å². The molecule has 90 valence electrons. The zero-order valence-corrected chi connectivity index (χ0v) is 9.27. The summed E-state index contributed by atoms with van der Waals surface area (Å²) in [6, 6.07) is 5.39. The topological polar surface area (TPSA) is 121 Å². The molecule has 0 fully saturated rings. The van der Waals surface area contributed by atoms with Crippen molar-refractivity contribution in [1.82, 2.24) is 0 Å². The summed E-state index contributed by atoms with van der Waals surface area (Å²) in [4.78, 5) is -0.756. The Bertz CT molecular complexity index is 708. The Balaban J connectivity index is 2.95. The average molecular weight is 255 g/mol. The van der Waals surface area contributed by atoms with Crippen LogP contribution < -0.4 is 5.73 Å². The van der Waals surface area contributed by atoms with Crippen LogP contribution in [0.2, 0.25) is 0 Å². The zero-order chi connectivity index (χ0) is 12.8. The molecule has 0 aliphatic carbocycles. The maximum atomic E-state index is 11.0. The maximum Gasteiger partial charge on any atom is 0.298 e. The van der Waals surface area contributed by atoms with E-state index >= 15 is 0 Å². The van der Waals surface area contributed by atoms with Crippen molar-refractivity contribution in [1.29, 1.82) is 0 Å². The second-order valence-electron chi connectivity index (χ2n) is 3.53. The van der Waals surface area contributed by atoms with Crippen molar-refractivity contribution in [3.05, 3.63) is 24.3 Å². The number of nitrogens with two attached hydrogens (primary N) is 1. The lowest BCUT2D eigenvalue weighted by Crippen LogP contribution is -1.99. The quantitative estimate of drug-likeness (QED) is 0.344. The van der Waals surface area contributed by atoms with Gasteiger partial charge >= 0.3 is 0 Å². The minimum absolute atomic E-state index is 0.240. The first-order chi connectivity index (χ1) is 7.80. The van der Waals surface area contributed by atoms with Crippen molar-refractivity contribution < 1.29 is 23.2 Å². The van der Waals surface area contributed by atoms with Gasteiger partial charge in [0.15, 0.2) is 11.5 Å². The van der Waals surface area contributed by atoms with Crippen molar-refractivity contribution >= 4 is 26.6 Å². The predicted molar refractivity (Wildman–Crippen MR) is 61.5 cm³/mol. The molecular formula is C10H9NO5S. The lowest BCUT2D eigenvalue weighted by molar-refractivity contribution is 0.393. The fourth-order valence-electron chi connectivity index (χ4n) is 1.57. The first-order valence-electron chi connectivity index (χ1n) is 4.52. The summed E-state index contributed by atoms with van der Waals surface area (Å²) in [6.07, 6.45) is 0. The molecule has 0 aromatic heterocycles. The van der Waals surface area contributed by atoms with Crippen LogP contribution in [0.25, 0.3) is 10.8 Å².